The molecule has 0 atom stereocenters. The molecule has 4 aromatic rings. The van der Waals surface area contributed by atoms with Gasteiger partial charge in [0.2, 0.25) is 5.91 Å². The van der Waals surface area contributed by atoms with Crippen LogP contribution in [0.25, 0.3) is 16.9 Å². The lowest BCUT2D eigenvalue weighted by Gasteiger charge is -2.09. The first-order valence-electron chi connectivity index (χ1n) is 9.18. The molecule has 0 aliphatic heterocycles. The van der Waals surface area contributed by atoms with Crippen molar-refractivity contribution in [2.75, 3.05) is 5.32 Å². The van der Waals surface area contributed by atoms with Gasteiger partial charge in [-0.15, -0.1) is 0 Å². The zero-order valence-corrected chi connectivity index (χ0v) is 16.3. The number of anilines is 1. The van der Waals surface area contributed by atoms with E-state index in [2.05, 4.69) is 5.32 Å². The first kappa shape index (κ1) is 18.3. The van der Waals surface area contributed by atoms with Gasteiger partial charge >= 0.3 is 0 Å². The molecule has 28 heavy (non-hydrogen) atoms. The SMILES string of the molecule is Cc1ccc2nc(-c3ccccc3)c(NC(=O)CCc3ccc(Cl)cc3)n2c1. The Morgan fingerprint density at radius 3 is 2.54 bits per heavy atom. The summed E-state index contributed by atoms with van der Waals surface area (Å²) in [6.45, 7) is 2.02. The fourth-order valence-corrected chi connectivity index (χ4v) is 3.30. The van der Waals surface area contributed by atoms with Gasteiger partial charge < -0.3 is 5.32 Å². The molecule has 0 saturated heterocycles. The molecule has 4 nitrogen and oxygen atoms in total. The number of aromatic nitrogens is 2. The Labute approximate surface area is 168 Å². The number of nitrogens with one attached hydrogen (secondary N) is 1. The minimum absolute atomic E-state index is 0.0459. The molecule has 0 aliphatic rings. The zero-order chi connectivity index (χ0) is 19.5. The lowest BCUT2D eigenvalue weighted by Crippen LogP contribution is -2.14. The van der Waals surface area contributed by atoms with Crippen LogP contribution < -0.4 is 5.32 Å². The first-order chi connectivity index (χ1) is 13.6. The molecule has 2 aromatic heterocycles. The van der Waals surface area contributed by atoms with Gasteiger partial charge in [0.1, 0.15) is 17.2 Å². The highest BCUT2D eigenvalue weighted by Gasteiger charge is 2.16. The van der Waals surface area contributed by atoms with Crippen LogP contribution in [-0.2, 0) is 11.2 Å². The van der Waals surface area contributed by atoms with E-state index in [0.717, 1.165) is 28.0 Å². The molecule has 5 heteroatoms. The molecule has 0 unspecified atom stereocenters. The van der Waals surface area contributed by atoms with E-state index in [1.807, 2.05) is 84.3 Å². The fraction of sp³-hybridized carbons (Fsp3) is 0.130. The molecule has 140 valence electrons. The van der Waals surface area contributed by atoms with Crippen molar-refractivity contribution in [3.63, 3.8) is 0 Å². The maximum atomic E-state index is 12.7. The lowest BCUT2D eigenvalue weighted by molar-refractivity contribution is -0.116. The van der Waals surface area contributed by atoms with Crippen LogP contribution in [0.4, 0.5) is 5.82 Å². The Morgan fingerprint density at radius 1 is 1.04 bits per heavy atom. The van der Waals surface area contributed by atoms with Crippen LogP contribution in [0, 0.1) is 6.92 Å². The van der Waals surface area contributed by atoms with Crippen LogP contribution in [0.1, 0.15) is 17.5 Å². The quantitative estimate of drug-likeness (QED) is 0.487. The molecule has 0 spiro atoms. The van der Waals surface area contributed by atoms with Gasteiger partial charge in [-0.1, -0.05) is 60.1 Å². The molecular weight excluding hydrogens is 370 g/mol. The smallest absolute Gasteiger partial charge is 0.225 e. The van der Waals surface area contributed by atoms with Gasteiger partial charge in [-0.3, -0.25) is 9.20 Å². The number of nitrogens with zero attached hydrogens (tertiary/aromatic N) is 2. The second kappa shape index (κ2) is 7.87. The van der Waals surface area contributed by atoms with Crippen molar-refractivity contribution >= 4 is 29.0 Å². The number of carbonyl (C=O) groups is 1. The molecule has 4 rings (SSSR count). The Balaban J connectivity index is 1.62. The van der Waals surface area contributed by atoms with Crippen molar-refractivity contribution in [1.82, 2.24) is 9.38 Å². The summed E-state index contributed by atoms with van der Waals surface area (Å²) in [4.78, 5) is 17.4. The summed E-state index contributed by atoms with van der Waals surface area (Å²) in [7, 11) is 0. The summed E-state index contributed by atoms with van der Waals surface area (Å²) in [5.41, 5.74) is 4.72. The van der Waals surface area contributed by atoms with Gasteiger partial charge in [0.25, 0.3) is 0 Å². The molecule has 1 N–H and O–H groups in total. The molecule has 1 amide bonds. The highest BCUT2D eigenvalue weighted by Crippen LogP contribution is 2.29. The van der Waals surface area contributed by atoms with Crippen molar-refractivity contribution in [3.8, 4) is 11.3 Å². The monoisotopic (exact) mass is 389 g/mol. The van der Waals surface area contributed by atoms with Gasteiger partial charge in [0, 0.05) is 23.2 Å². The van der Waals surface area contributed by atoms with E-state index >= 15 is 0 Å². The standard InChI is InChI=1S/C23H20ClN3O/c1-16-7-13-20-25-22(18-5-3-2-4-6-18)23(27(20)15-16)26-21(28)14-10-17-8-11-19(24)12-9-17/h2-9,11-13,15H,10,14H2,1H3,(H,26,28). The lowest BCUT2D eigenvalue weighted by atomic mass is 10.1. The van der Waals surface area contributed by atoms with Crippen LogP contribution in [0.15, 0.2) is 72.9 Å². The number of halogens is 1. The Kier molecular flexibility index (Phi) is 5.13. The second-order valence-corrected chi connectivity index (χ2v) is 7.22. The molecule has 0 radical (unpaired) electrons. The number of fused-ring (bicyclic) bond motifs is 1. The third kappa shape index (κ3) is 3.92. The predicted molar refractivity (Wildman–Crippen MR) is 114 cm³/mol. The van der Waals surface area contributed by atoms with E-state index < -0.39 is 0 Å². The number of hydrogen-bond donors (Lipinski definition) is 1. The number of rotatable bonds is 5. The summed E-state index contributed by atoms with van der Waals surface area (Å²) in [6.07, 6.45) is 3.03. The summed E-state index contributed by atoms with van der Waals surface area (Å²) < 4.78 is 1.94. The number of imidazole rings is 1. The minimum Gasteiger partial charge on any atom is -0.310 e. The van der Waals surface area contributed by atoms with Gasteiger partial charge in [0.15, 0.2) is 0 Å². The van der Waals surface area contributed by atoms with Gasteiger partial charge in [-0.25, -0.2) is 4.98 Å². The zero-order valence-electron chi connectivity index (χ0n) is 15.5. The van der Waals surface area contributed by atoms with Crippen molar-refractivity contribution in [2.24, 2.45) is 0 Å². The second-order valence-electron chi connectivity index (χ2n) is 6.78. The fourth-order valence-electron chi connectivity index (χ4n) is 3.17. The number of amides is 1. The Bertz CT molecular complexity index is 1120. The van der Waals surface area contributed by atoms with Crippen LogP contribution in [0.2, 0.25) is 5.02 Å². The van der Waals surface area contributed by atoms with Crippen LogP contribution >= 0.6 is 11.6 Å². The summed E-state index contributed by atoms with van der Waals surface area (Å²) in [6, 6.07) is 21.5. The van der Waals surface area contributed by atoms with Gasteiger partial charge in [-0.2, -0.15) is 0 Å². The van der Waals surface area contributed by atoms with E-state index in [9.17, 15) is 4.79 Å². The molecule has 0 fully saturated rings. The third-order valence-corrected chi connectivity index (χ3v) is 4.88. The molecular formula is C23H20ClN3O. The number of carbonyl (C=O) groups excluding carboxylic acids is 1. The van der Waals surface area contributed by atoms with Crippen molar-refractivity contribution in [1.29, 1.82) is 0 Å². The molecule has 0 saturated carbocycles. The van der Waals surface area contributed by atoms with Crippen molar-refractivity contribution in [3.05, 3.63) is 89.1 Å². The number of hydrogen-bond acceptors (Lipinski definition) is 2. The number of pyridine rings is 1. The summed E-state index contributed by atoms with van der Waals surface area (Å²) in [5.74, 6) is 0.654. The van der Waals surface area contributed by atoms with Crippen LogP contribution in [-0.4, -0.2) is 15.3 Å². The molecule has 0 bridgehead atoms. The van der Waals surface area contributed by atoms with Crippen LogP contribution in [0.3, 0.4) is 0 Å². The predicted octanol–water partition coefficient (Wildman–Crippen LogP) is 5.53. The van der Waals surface area contributed by atoms with Crippen molar-refractivity contribution in [2.45, 2.75) is 19.8 Å². The Hall–Kier alpha value is -3.11. The van der Waals surface area contributed by atoms with Crippen molar-refractivity contribution < 1.29 is 4.79 Å². The van der Waals surface area contributed by atoms with Gasteiger partial charge in [0.05, 0.1) is 0 Å². The minimum atomic E-state index is -0.0459. The average molecular weight is 390 g/mol. The van der Waals surface area contributed by atoms with E-state index in [0.29, 0.717) is 23.7 Å². The number of benzene rings is 2. The summed E-state index contributed by atoms with van der Waals surface area (Å²) >= 11 is 5.92. The average Bonchev–Trinajstić information content (AvgIpc) is 3.06. The maximum Gasteiger partial charge on any atom is 0.225 e. The molecule has 0 aliphatic carbocycles. The van der Waals surface area contributed by atoms with Crippen LogP contribution in [0.5, 0.6) is 0 Å². The normalized spacial score (nSPS) is 10.9. The van der Waals surface area contributed by atoms with E-state index in [4.69, 9.17) is 16.6 Å². The van der Waals surface area contributed by atoms with E-state index in [1.165, 1.54) is 0 Å². The van der Waals surface area contributed by atoms with E-state index in [-0.39, 0.29) is 5.91 Å². The molecule has 2 aromatic carbocycles. The first-order valence-corrected chi connectivity index (χ1v) is 9.56. The Morgan fingerprint density at radius 2 is 1.79 bits per heavy atom. The maximum absolute atomic E-state index is 12.7. The van der Waals surface area contributed by atoms with Gasteiger partial charge in [-0.05, 0) is 42.7 Å². The topological polar surface area (TPSA) is 46.4 Å². The third-order valence-electron chi connectivity index (χ3n) is 4.63. The van der Waals surface area contributed by atoms with E-state index in [1.54, 1.807) is 0 Å². The molecule has 2 heterocycles. The highest BCUT2D eigenvalue weighted by atomic mass is 35.5. The number of aryl methyl sites for hydroxylation is 2. The highest BCUT2D eigenvalue weighted by molar-refractivity contribution is 6.30. The largest absolute Gasteiger partial charge is 0.310 e. The summed E-state index contributed by atoms with van der Waals surface area (Å²) in [5, 5.41) is 3.77.